The minimum Gasteiger partial charge on any atom is -0.468 e. The van der Waals surface area contributed by atoms with Crippen LogP contribution in [0.3, 0.4) is 0 Å². The van der Waals surface area contributed by atoms with Gasteiger partial charge in [0, 0.05) is 0 Å². The molecule has 1 N–H and O–H groups in total. The van der Waals surface area contributed by atoms with Crippen molar-refractivity contribution in [2.75, 3.05) is 33.1 Å². The Hall–Kier alpha value is -1.70. The van der Waals surface area contributed by atoms with Gasteiger partial charge in [-0.1, -0.05) is 23.7 Å². The largest absolute Gasteiger partial charge is 0.468 e. The third-order valence-electron chi connectivity index (χ3n) is 3.27. The molecule has 6 nitrogen and oxygen atoms in total. The summed E-state index contributed by atoms with van der Waals surface area (Å²) in [7, 11) is 1.37. The third kappa shape index (κ3) is 8.12. The van der Waals surface area contributed by atoms with Gasteiger partial charge in [0.25, 0.3) is 0 Å². The summed E-state index contributed by atoms with van der Waals surface area (Å²) < 4.78 is 15.4. The van der Waals surface area contributed by atoms with Crippen molar-refractivity contribution in [3.8, 4) is 5.75 Å². The molecule has 1 aromatic carbocycles. The molecule has 26 heavy (non-hydrogen) atoms. The van der Waals surface area contributed by atoms with E-state index in [1.54, 1.807) is 31.2 Å². The summed E-state index contributed by atoms with van der Waals surface area (Å²) in [5.74, 6) is 0.0696. The number of carbonyl (C=O) groups excluding carboxylic acids is 2. The van der Waals surface area contributed by atoms with Gasteiger partial charge >= 0.3 is 11.9 Å². The van der Waals surface area contributed by atoms with Gasteiger partial charge in [-0.25, -0.2) is 4.79 Å². The van der Waals surface area contributed by atoms with Crippen LogP contribution < -0.4 is 10.1 Å². The maximum Gasteiger partial charge on any atom is 0.334 e. The van der Waals surface area contributed by atoms with Crippen LogP contribution in [0.4, 0.5) is 0 Å². The van der Waals surface area contributed by atoms with Crippen LogP contribution in [-0.4, -0.2) is 50.3 Å². The number of rotatable bonds is 11. The first-order valence-electron chi connectivity index (χ1n) is 8.12. The smallest absolute Gasteiger partial charge is 0.334 e. The van der Waals surface area contributed by atoms with Gasteiger partial charge < -0.3 is 19.5 Å². The number of hydrogen-bond donors (Lipinski definition) is 1. The lowest BCUT2D eigenvalue weighted by Crippen LogP contribution is -2.27. The summed E-state index contributed by atoms with van der Waals surface area (Å²) in [4.78, 5) is 23.3. The van der Waals surface area contributed by atoms with Crippen LogP contribution in [0.2, 0.25) is 5.02 Å². The zero-order chi connectivity index (χ0) is 19.4. The standard InChI is InChI=1S/C18H24ClNO5S/c1-4-24-17(21)11-13(25-15-8-6-5-7-14(15)19)12-20-10-9-16(26-3)18(22)23-2/h5-8,11,16,20H,4,9-10,12H2,1-3H3/t16-/m0/s1. The summed E-state index contributed by atoms with van der Waals surface area (Å²) in [5, 5.41) is 3.35. The second-order valence-corrected chi connectivity index (χ2v) is 6.56. The highest BCUT2D eigenvalue weighted by atomic mass is 35.5. The van der Waals surface area contributed by atoms with Crippen LogP contribution in [0.1, 0.15) is 13.3 Å². The van der Waals surface area contributed by atoms with E-state index < -0.39 is 5.97 Å². The second kappa shape index (κ2) is 12.6. The van der Waals surface area contributed by atoms with E-state index in [9.17, 15) is 9.59 Å². The first kappa shape index (κ1) is 22.3. The highest BCUT2D eigenvalue weighted by Gasteiger charge is 2.17. The maximum atomic E-state index is 11.7. The average Bonchev–Trinajstić information content (AvgIpc) is 2.63. The molecule has 1 atom stereocenters. The van der Waals surface area contributed by atoms with Gasteiger partial charge in [0.15, 0.2) is 0 Å². The molecule has 0 aliphatic heterocycles. The molecule has 0 aliphatic carbocycles. The molecule has 144 valence electrons. The van der Waals surface area contributed by atoms with Crippen LogP contribution in [0, 0.1) is 0 Å². The number of esters is 2. The Bertz CT molecular complexity index is 623. The number of benzene rings is 1. The van der Waals surface area contributed by atoms with Crippen LogP contribution in [0.15, 0.2) is 36.1 Å². The fourth-order valence-electron chi connectivity index (χ4n) is 2.01. The molecule has 1 aromatic rings. The molecule has 0 aliphatic rings. The van der Waals surface area contributed by atoms with Gasteiger partial charge in [0.1, 0.15) is 16.8 Å². The van der Waals surface area contributed by atoms with E-state index in [4.69, 9.17) is 25.8 Å². The summed E-state index contributed by atoms with van der Waals surface area (Å²) in [6.07, 6.45) is 3.73. The van der Waals surface area contributed by atoms with Crippen LogP contribution >= 0.6 is 23.4 Å². The van der Waals surface area contributed by atoms with E-state index >= 15 is 0 Å². The molecule has 8 heteroatoms. The quantitative estimate of drug-likeness (QED) is 0.264. The summed E-state index contributed by atoms with van der Waals surface area (Å²) in [5.41, 5.74) is 0. The van der Waals surface area contributed by atoms with E-state index in [-0.39, 0.29) is 24.4 Å². The fourth-order valence-corrected chi connectivity index (χ4v) is 2.83. The van der Waals surface area contributed by atoms with Crippen LogP contribution in [0.5, 0.6) is 5.75 Å². The van der Waals surface area contributed by atoms with Gasteiger partial charge in [-0.15, -0.1) is 0 Å². The molecule has 0 saturated carbocycles. The number of thioether (sulfide) groups is 1. The average molecular weight is 402 g/mol. The zero-order valence-electron chi connectivity index (χ0n) is 15.1. The van der Waals surface area contributed by atoms with Crippen LogP contribution in [-0.2, 0) is 19.1 Å². The van der Waals surface area contributed by atoms with E-state index in [0.29, 0.717) is 29.5 Å². The molecule has 1 rings (SSSR count). The zero-order valence-corrected chi connectivity index (χ0v) is 16.7. The minimum absolute atomic E-state index is 0.241. The number of carbonyl (C=O) groups is 2. The molecule has 0 aromatic heterocycles. The lowest BCUT2D eigenvalue weighted by molar-refractivity contribution is -0.140. The van der Waals surface area contributed by atoms with Crippen molar-refractivity contribution in [1.29, 1.82) is 0 Å². The molecule has 0 saturated heterocycles. The maximum absolute atomic E-state index is 11.7. The lowest BCUT2D eigenvalue weighted by Gasteiger charge is -2.14. The van der Waals surface area contributed by atoms with Gasteiger partial charge in [0.05, 0.1) is 31.4 Å². The van der Waals surface area contributed by atoms with E-state index in [0.717, 1.165) is 0 Å². The number of para-hydroxylation sites is 1. The fraction of sp³-hybridized carbons (Fsp3) is 0.444. The molecule has 0 spiro atoms. The molecule has 0 unspecified atom stereocenters. The topological polar surface area (TPSA) is 73.9 Å². The monoisotopic (exact) mass is 401 g/mol. The van der Waals surface area contributed by atoms with Gasteiger partial charge in [-0.3, -0.25) is 4.79 Å². The number of hydrogen-bond acceptors (Lipinski definition) is 7. The molecule has 0 amide bonds. The van der Waals surface area contributed by atoms with Gasteiger partial charge in [-0.2, -0.15) is 11.8 Å². The summed E-state index contributed by atoms with van der Waals surface area (Å²) >= 11 is 7.53. The first-order chi connectivity index (χ1) is 12.5. The Morgan fingerprint density at radius 2 is 2.08 bits per heavy atom. The van der Waals surface area contributed by atoms with Crippen molar-refractivity contribution in [3.63, 3.8) is 0 Å². The van der Waals surface area contributed by atoms with E-state index in [2.05, 4.69) is 5.32 Å². The molecule has 0 heterocycles. The molecule has 0 bridgehead atoms. The molecular weight excluding hydrogens is 378 g/mol. The normalized spacial score (nSPS) is 12.4. The molecular formula is C18H24ClNO5S. The van der Waals surface area contributed by atoms with Crippen molar-refractivity contribution < 1.29 is 23.8 Å². The number of methoxy groups -OCH3 is 1. The number of halogens is 1. The summed E-state index contributed by atoms with van der Waals surface area (Å²) in [6.45, 7) is 2.84. The lowest BCUT2D eigenvalue weighted by atomic mass is 10.3. The van der Waals surface area contributed by atoms with Crippen molar-refractivity contribution in [2.24, 2.45) is 0 Å². The Balaban J connectivity index is 2.67. The molecule has 0 radical (unpaired) electrons. The Morgan fingerprint density at radius 3 is 2.69 bits per heavy atom. The minimum atomic E-state index is -0.493. The van der Waals surface area contributed by atoms with E-state index in [1.165, 1.54) is 24.9 Å². The second-order valence-electron chi connectivity index (χ2n) is 5.11. The first-order valence-corrected chi connectivity index (χ1v) is 9.79. The van der Waals surface area contributed by atoms with Gasteiger partial charge in [-0.05, 0) is 38.3 Å². The Kier molecular flexibility index (Phi) is 10.8. The predicted octanol–water partition coefficient (Wildman–Crippen LogP) is 3.05. The van der Waals surface area contributed by atoms with E-state index in [1.807, 2.05) is 6.26 Å². The van der Waals surface area contributed by atoms with Crippen LogP contribution in [0.25, 0.3) is 0 Å². The van der Waals surface area contributed by atoms with Crippen molar-refractivity contribution in [1.82, 2.24) is 5.32 Å². The van der Waals surface area contributed by atoms with Crippen molar-refractivity contribution >= 4 is 35.3 Å². The SMILES string of the molecule is CCOC(=O)C=C(CNCC[C@H](SC)C(=O)OC)Oc1ccccc1Cl. The third-order valence-corrected chi connectivity index (χ3v) is 4.58. The predicted molar refractivity (Wildman–Crippen MR) is 104 cm³/mol. The van der Waals surface area contributed by atoms with Crippen molar-refractivity contribution in [3.05, 3.63) is 41.1 Å². The number of nitrogens with one attached hydrogen (secondary N) is 1. The Labute approximate surface area is 163 Å². The van der Waals surface area contributed by atoms with Gasteiger partial charge in [0.2, 0.25) is 0 Å². The van der Waals surface area contributed by atoms with Crippen molar-refractivity contribution in [2.45, 2.75) is 18.6 Å². The highest BCUT2D eigenvalue weighted by molar-refractivity contribution is 7.99. The summed E-state index contributed by atoms with van der Waals surface area (Å²) in [6, 6.07) is 6.99. The highest BCUT2D eigenvalue weighted by Crippen LogP contribution is 2.25. The Morgan fingerprint density at radius 1 is 1.35 bits per heavy atom. The number of ether oxygens (including phenoxy) is 3. The molecule has 0 fully saturated rings.